The van der Waals surface area contributed by atoms with Crippen LogP contribution in [0.15, 0.2) is 18.3 Å². The Kier molecular flexibility index (Phi) is 3.43. The number of ether oxygens (including phenoxy) is 1. The molecule has 1 aromatic rings. The number of nitrogens with one attached hydrogen (secondary N) is 1. The Labute approximate surface area is 90.9 Å². The molecule has 2 rings (SSSR count). The fraction of sp³-hybridized carbons (Fsp3) is 0.583. The predicted molar refractivity (Wildman–Crippen MR) is 61.2 cm³/mol. The molecular formula is C12H18N2O. The van der Waals surface area contributed by atoms with Gasteiger partial charge in [0.1, 0.15) is 11.6 Å². The minimum atomic E-state index is 0.831. The van der Waals surface area contributed by atoms with Crippen LogP contribution in [0.25, 0.3) is 0 Å². The highest BCUT2D eigenvalue weighted by Crippen LogP contribution is 2.29. The molecule has 15 heavy (non-hydrogen) atoms. The maximum Gasteiger partial charge on any atom is 0.129 e. The van der Waals surface area contributed by atoms with E-state index in [0.717, 1.165) is 24.1 Å². The first-order valence-corrected chi connectivity index (χ1v) is 5.65. The van der Waals surface area contributed by atoms with Crippen molar-refractivity contribution in [1.29, 1.82) is 0 Å². The van der Waals surface area contributed by atoms with Crippen molar-refractivity contribution in [1.82, 2.24) is 4.98 Å². The molecule has 1 N–H and O–H groups in total. The predicted octanol–water partition coefficient (Wildman–Crippen LogP) is 2.69. The largest absolute Gasteiger partial charge is 0.493 e. The zero-order valence-corrected chi connectivity index (χ0v) is 9.20. The van der Waals surface area contributed by atoms with Crippen LogP contribution in [0.2, 0.25) is 0 Å². The van der Waals surface area contributed by atoms with Gasteiger partial charge in [-0.05, 0) is 18.4 Å². The van der Waals surface area contributed by atoms with E-state index in [1.54, 1.807) is 6.20 Å². The van der Waals surface area contributed by atoms with Crippen LogP contribution in [0.3, 0.4) is 0 Å². The Morgan fingerprint density at radius 2 is 2.40 bits per heavy atom. The summed E-state index contributed by atoms with van der Waals surface area (Å²) < 4.78 is 5.67. The zero-order valence-electron chi connectivity index (χ0n) is 9.20. The standard InChI is InChI=1S/C12H18N2O/c1-13-12-9-11(5-7-14-12)15-8-6-10-3-2-4-10/h5,7,9-10H,2-4,6,8H2,1H3,(H,13,14). The van der Waals surface area contributed by atoms with Gasteiger partial charge in [0.05, 0.1) is 6.61 Å². The fourth-order valence-electron chi connectivity index (χ4n) is 1.76. The van der Waals surface area contributed by atoms with Gasteiger partial charge >= 0.3 is 0 Å². The van der Waals surface area contributed by atoms with E-state index in [0.29, 0.717) is 0 Å². The third-order valence-electron chi connectivity index (χ3n) is 3.01. The van der Waals surface area contributed by atoms with Gasteiger partial charge in [0.25, 0.3) is 0 Å². The van der Waals surface area contributed by atoms with Crippen molar-refractivity contribution in [2.75, 3.05) is 19.0 Å². The van der Waals surface area contributed by atoms with E-state index in [-0.39, 0.29) is 0 Å². The summed E-state index contributed by atoms with van der Waals surface area (Å²) in [6.07, 6.45) is 7.15. The number of pyridine rings is 1. The Hall–Kier alpha value is -1.25. The Bertz CT molecular complexity index is 310. The summed E-state index contributed by atoms with van der Waals surface area (Å²) in [5.41, 5.74) is 0. The summed E-state index contributed by atoms with van der Waals surface area (Å²) in [7, 11) is 1.86. The molecule has 1 saturated carbocycles. The summed E-state index contributed by atoms with van der Waals surface area (Å²) in [5.74, 6) is 2.68. The Morgan fingerprint density at radius 1 is 1.53 bits per heavy atom. The lowest BCUT2D eigenvalue weighted by Gasteiger charge is -2.24. The second kappa shape index (κ2) is 5.01. The van der Waals surface area contributed by atoms with E-state index in [9.17, 15) is 0 Å². The van der Waals surface area contributed by atoms with Crippen molar-refractivity contribution in [2.24, 2.45) is 5.92 Å². The molecule has 3 heteroatoms. The van der Waals surface area contributed by atoms with Gasteiger partial charge in [-0.15, -0.1) is 0 Å². The molecule has 0 radical (unpaired) electrons. The van der Waals surface area contributed by atoms with Crippen LogP contribution in [-0.4, -0.2) is 18.6 Å². The molecule has 1 fully saturated rings. The van der Waals surface area contributed by atoms with Crippen LogP contribution >= 0.6 is 0 Å². The Morgan fingerprint density at radius 3 is 3.07 bits per heavy atom. The summed E-state index contributed by atoms with van der Waals surface area (Å²) in [6, 6.07) is 3.84. The lowest BCUT2D eigenvalue weighted by Crippen LogP contribution is -2.14. The van der Waals surface area contributed by atoms with Gasteiger partial charge < -0.3 is 10.1 Å². The maximum atomic E-state index is 5.67. The van der Waals surface area contributed by atoms with E-state index >= 15 is 0 Å². The second-order valence-electron chi connectivity index (χ2n) is 4.06. The molecule has 0 unspecified atom stereocenters. The number of anilines is 1. The average molecular weight is 206 g/mol. The lowest BCUT2D eigenvalue weighted by atomic mass is 9.83. The number of aromatic nitrogens is 1. The molecule has 0 amide bonds. The molecule has 0 aromatic carbocycles. The second-order valence-corrected chi connectivity index (χ2v) is 4.06. The monoisotopic (exact) mass is 206 g/mol. The van der Waals surface area contributed by atoms with E-state index in [1.165, 1.54) is 25.7 Å². The third-order valence-corrected chi connectivity index (χ3v) is 3.01. The van der Waals surface area contributed by atoms with Gasteiger partial charge in [0.2, 0.25) is 0 Å². The molecule has 1 aliphatic carbocycles. The molecule has 0 atom stereocenters. The smallest absolute Gasteiger partial charge is 0.129 e. The van der Waals surface area contributed by atoms with Gasteiger partial charge in [0, 0.05) is 19.3 Å². The number of hydrogen-bond acceptors (Lipinski definition) is 3. The molecule has 82 valence electrons. The van der Waals surface area contributed by atoms with Crippen LogP contribution < -0.4 is 10.1 Å². The van der Waals surface area contributed by atoms with Gasteiger partial charge in [-0.3, -0.25) is 0 Å². The molecule has 1 aliphatic rings. The normalized spacial score (nSPS) is 15.8. The highest BCUT2D eigenvalue weighted by molar-refractivity contribution is 5.39. The summed E-state index contributed by atoms with van der Waals surface area (Å²) in [4.78, 5) is 4.14. The SMILES string of the molecule is CNc1cc(OCCC2CCC2)ccn1. The van der Waals surface area contributed by atoms with Gasteiger partial charge in [-0.25, -0.2) is 4.98 Å². The minimum absolute atomic E-state index is 0.831. The van der Waals surface area contributed by atoms with Gasteiger partial charge in [-0.2, -0.15) is 0 Å². The molecule has 0 spiro atoms. The zero-order chi connectivity index (χ0) is 10.5. The van der Waals surface area contributed by atoms with E-state index < -0.39 is 0 Å². The van der Waals surface area contributed by atoms with E-state index in [1.807, 2.05) is 19.2 Å². The minimum Gasteiger partial charge on any atom is -0.493 e. The Balaban J connectivity index is 1.76. The first-order valence-electron chi connectivity index (χ1n) is 5.65. The summed E-state index contributed by atoms with van der Waals surface area (Å²) >= 11 is 0. The van der Waals surface area contributed by atoms with Crippen molar-refractivity contribution in [3.63, 3.8) is 0 Å². The van der Waals surface area contributed by atoms with Crippen molar-refractivity contribution in [3.05, 3.63) is 18.3 Å². The van der Waals surface area contributed by atoms with Crippen LogP contribution in [0.5, 0.6) is 5.75 Å². The number of nitrogens with zero attached hydrogens (tertiary/aromatic N) is 1. The highest BCUT2D eigenvalue weighted by atomic mass is 16.5. The molecule has 0 bridgehead atoms. The molecule has 0 aliphatic heterocycles. The van der Waals surface area contributed by atoms with Crippen LogP contribution in [0, 0.1) is 5.92 Å². The van der Waals surface area contributed by atoms with Gasteiger partial charge in [0.15, 0.2) is 0 Å². The first kappa shape index (κ1) is 10.3. The molecular weight excluding hydrogens is 188 g/mol. The third kappa shape index (κ3) is 2.85. The van der Waals surface area contributed by atoms with Crippen molar-refractivity contribution in [3.8, 4) is 5.75 Å². The van der Waals surface area contributed by atoms with Crippen LogP contribution in [0.1, 0.15) is 25.7 Å². The van der Waals surface area contributed by atoms with Crippen LogP contribution in [-0.2, 0) is 0 Å². The van der Waals surface area contributed by atoms with Gasteiger partial charge in [-0.1, -0.05) is 19.3 Å². The molecule has 1 aromatic heterocycles. The topological polar surface area (TPSA) is 34.1 Å². The van der Waals surface area contributed by atoms with Crippen molar-refractivity contribution in [2.45, 2.75) is 25.7 Å². The fourth-order valence-corrected chi connectivity index (χ4v) is 1.76. The molecule has 1 heterocycles. The highest BCUT2D eigenvalue weighted by Gasteiger charge is 2.16. The first-order chi connectivity index (χ1) is 7.38. The van der Waals surface area contributed by atoms with Crippen molar-refractivity contribution >= 4 is 5.82 Å². The lowest BCUT2D eigenvalue weighted by molar-refractivity contribution is 0.222. The van der Waals surface area contributed by atoms with Crippen LogP contribution in [0.4, 0.5) is 5.82 Å². The number of hydrogen-bond donors (Lipinski definition) is 1. The quantitative estimate of drug-likeness (QED) is 0.804. The summed E-state index contributed by atoms with van der Waals surface area (Å²) in [5, 5.41) is 3.00. The summed E-state index contributed by atoms with van der Waals surface area (Å²) in [6.45, 7) is 0.831. The maximum absolute atomic E-state index is 5.67. The van der Waals surface area contributed by atoms with E-state index in [2.05, 4.69) is 10.3 Å². The number of rotatable bonds is 5. The average Bonchev–Trinajstić information content (AvgIpc) is 2.22. The molecule has 3 nitrogen and oxygen atoms in total. The van der Waals surface area contributed by atoms with E-state index in [4.69, 9.17) is 4.74 Å². The molecule has 0 saturated heterocycles. The van der Waals surface area contributed by atoms with Crippen molar-refractivity contribution < 1.29 is 4.74 Å².